The molecule has 3 atom stereocenters. The van der Waals surface area contributed by atoms with Crippen molar-refractivity contribution in [3.63, 3.8) is 0 Å². The van der Waals surface area contributed by atoms with Crippen LogP contribution in [0.15, 0.2) is 47.1 Å². The number of likely N-dealkylation sites (tertiary alicyclic amines) is 1. The van der Waals surface area contributed by atoms with E-state index < -0.39 is 11.0 Å². The number of carbonyl (C=O) groups excluding carboxylic acids is 2. The minimum Gasteiger partial charge on any atom is -0.508 e. The van der Waals surface area contributed by atoms with Crippen molar-refractivity contribution in [3.8, 4) is 5.75 Å². The van der Waals surface area contributed by atoms with E-state index in [2.05, 4.69) is 10.2 Å². The van der Waals surface area contributed by atoms with Crippen LogP contribution in [0.3, 0.4) is 0 Å². The van der Waals surface area contributed by atoms with Crippen molar-refractivity contribution in [2.45, 2.75) is 69.4 Å². The van der Waals surface area contributed by atoms with Gasteiger partial charge in [0.15, 0.2) is 0 Å². The highest BCUT2D eigenvalue weighted by Crippen LogP contribution is 2.54. The Labute approximate surface area is 212 Å². The number of hydrogen-bond donors (Lipinski definition) is 2. The van der Waals surface area contributed by atoms with E-state index in [-0.39, 0.29) is 23.7 Å². The van der Waals surface area contributed by atoms with Gasteiger partial charge >= 0.3 is 5.97 Å². The van der Waals surface area contributed by atoms with Crippen LogP contribution in [0.5, 0.6) is 5.75 Å². The zero-order valence-corrected chi connectivity index (χ0v) is 21.2. The number of amides is 1. The Morgan fingerprint density at radius 1 is 1.25 bits per heavy atom. The standard InChI is InChI=1S/C29H36N2O5/c1-20-23(11-15-35-20)8-9-27(34)30-25-10-12-29(36-21(2)32)19-31(18-22-6-7-22)14-13-28(29,17-25)24-4-3-5-26(33)16-24/h3-5,8-9,11,15-16,22,25,33H,6-7,10,12-14,17-19H2,1-2H3,(H,30,34)/b9-8+/t25-,28-,29-/m0/s1. The van der Waals surface area contributed by atoms with Crippen LogP contribution in [0, 0.1) is 12.8 Å². The molecule has 1 aromatic carbocycles. The zero-order chi connectivity index (χ0) is 25.3. The molecule has 1 aliphatic heterocycles. The topological polar surface area (TPSA) is 92.0 Å². The number of piperidine rings is 1. The minimum atomic E-state index is -0.704. The normalized spacial score (nSPS) is 28.6. The van der Waals surface area contributed by atoms with E-state index in [1.54, 1.807) is 30.5 Å². The molecule has 7 nitrogen and oxygen atoms in total. The average Bonchev–Trinajstić information content (AvgIpc) is 3.55. The highest BCUT2D eigenvalue weighted by atomic mass is 16.6. The lowest BCUT2D eigenvalue weighted by molar-refractivity contribution is -0.187. The summed E-state index contributed by atoms with van der Waals surface area (Å²) in [6.07, 6.45) is 10.3. The lowest BCUT2D eigenvalue weighted by Crippen LogP contribution is -2.68. The van der Waals surface area contributed by atoms with E-state index >= 15 is 0 Å². The molecule has 5 rings (SSSR count). The number of esters is 1. The van der Waals surface area contributed by atoms with Crippen LogP contribution in [-0.2, 0) is 19.7 Å². The molecular weight excluding hydrogens is 456 g/mol. The monoisotopic (exact) mass is 492 g/mol. The largest absolute Gasteiger partial charge is 0.508 e. The Balaban J connectivity index is 1.43. The quantitative estimate of drug-likeness (QED) is 0.442. The first-order chi connectivity index (χ1) is 17.3. The van der Waals surface area contributed by atoms with Gasteiger partial charge in [-0.3, -0.25) is 14.5 Å². The van der Waals surface area contributed by atoms with Crippen molar-refractivity contribution in [1.29, 1.82) is 0 Å². The molecule has 192 valence electrons. The van der Waals surface area contributed by atoms with Crippen LogP contribution >= 0.6 is 0 Å². The van der Waals surface area contributed by atoms with Crippen LogP contribution in [-0.4, -0.2) is 53.2 Å². The number of nitrogens with one attached hydrogen (secondary N) is 1. The van der Waals surface area contributed by atoms with Crippen molar-refractivity contribution < 1.29 is 23.8 Å². The summed E-state index contributed by atoms with van der Waals surface area (Å²) in [5.74, 6) is 1.27. The van der Waals surface area contributed by atoms with Crippen molar-refractivity contribution in [1.82, 2.24) is 10.2 Å². The number of furan rings is 1. The van der Waals surface area contributed by atoms with E-state index in [4.69, 9.17) is 9.15 Å². The molecule has 36 heavy (non-hydrogen) atoms. The van der Waals surface area contributed by atoms with E-state index in [0.717, 1.165) is 48.7 Å². The number of aryl methyl sites for hydroxylation is 1. The number of aromatic hydroxyl groups is 1. The molecule has 3 fully saturated rings. The average molecular weight is 493 g/mol. The van der Waals surface area contributed by atoms with Gasteiger partial charge in [-0.1, -0.05) is 12.1 Å². The number of ether oxygens (including phenoxy) is 1. The molecule has 0 radical (unpaired) electrons. The predicted octanol–water partition coefficient (Wildman–Crippen LogP) is 4.33. The van der Waals surface area contributed by atoms with Gasteiger partial charge in [0.1, 0.15) is 17.1 Å². The highest BCUT2D eigenvalue weighted by molar-refractivity contribution is 5.92. The third kappa shape index (κ3) is 4.94. The first kappa shape index (κ1) is 24.6. The molecule has 7 heteroatoms. The smallest absolute Gasteiger partial charge is 0.303 e. The summed E-state index contributed by atoms with van der Waals surface area (Å²) < 4.78 is 11.6. The second-order valence-electron chi connectivity index (χ2n) is 10.9. The van der Waals surface area contributed by atoms with Gasteiger partial charge in [0.25, 0.3) is 0 Å². The van der Waals surface area contributed by atoms with Crippen molar-refractivity contribution >= 4 is 18.0 Å². The Morgan fingerprint density at radius 3 is 2.78 bits per heavy atom. The summed E-state index contributed by atoms with van der Waals surface area (Å²) in [6, 6.07) is 9.11. The summed E-state index contributed by atoms with van der Waals surface area (Å²) in [6.45, 7) is 5.96. The zero-order valence-electron chi connectivity index (χ0n) is 21.2. The lowest BCUT2D eigenvalue weighted by Gasteiger charge is -2.59. The second kappa shape index (κ2) is 9.77. The van der Waals surface area contributed by atoms with Crippen LogP contribution in [0.4, 0.5) is 0 Å². The molecular formula is C29H36N2O5. The Kier molecular flexibility index (Phi) is 6.68. The third-order valence-corrected chi connectivity index (χ3v) is 8.31. The first-order valence-electron chi connectivity index (χ1n) is 13.0. The van der Waals surface area contributed by atoms with Gasteiger partial charge in [0.2, 0.25) is 5.91 Å². The number of phenolic OH excluding ortho intramolecular Hbond substituents is 1. The summed E-state index contributed by atoms with van der Waals surface area (Å²) in [7, 11) is 0. The van der Waals surface area contributed by atoms with Gasteiger partial charge in [0, 0.05) is 43.1 Å². The molecule has 2 aromatic rings. The number of nitrogens with zero attached hydrogens (tertiary/aromatic N) is 1. The highest BCUT2D eigenvalue weighted by Gasteiger charge is 2.61. The second-order valence-corrected chi connectivity index (χ2v) is 10.9. The van der Waals surface area contributed by atoms with E-state index in [1.165, 1.54) is 19.8 Å². The Hall–Kier alpha value is -3.06. The van der Waals surface area contributed by atoms with Crippen LogP contribution < -0.4 is 5.32 Å². The fraction of sp³-hybridized carbons (Fsp3) is 0.517. The molecule has 2 aliphatic carbocycles. The molecule has 0 bridgehead atoms. The van der Waals surface area contributed by atoms with Crippen LogP contribution in [0.25, 0.3) is 6.08 Å². The van der Waals surface area contributed by atoms with Crippen molar-refractivity contribution in [3.05, 3.63) is 59.6 Å². The number of carbonyl (C=O) groups is 2. The van der Waals surface area contributed by atoms with Crippen LogP contribution in [0.1, 0.15) is 62.3 Å². The molecule has 3 aliphatic rings. The number of rotatable bonds is 7. The van der Waals surface area contributed by atoms with E-state index in [9.17, 15) is 14.7 Å². The van der Waals surface area contributed by atoms with Gasteiger partial charge in [-0.05, 0) is 87.7 Å². The predicted molar refractivity (Wildman–Crippen MR) is 136 cm³/mol. The first-order valence-corrected chi connectivity index (χ1v) is 13.0. The molecule has 1 amide bonds. The SMILES string of the molecule is CC(=O)O[C@]12CC[C@H](NC(=O)/C=C/c3ccoc3C)C[C@]1(c1cccc(O)c1)CCN(CC1CC1)C2. The van der Waals surface area contributed by atoms with E-state index in [1.807, 2.05) is 25.1 Å². The maximum Gasteiger partial charge on any atom is 0.303 e. The maximum atomic E-state index is 12.8. The Morgan fingerprint density at radius 2 is 2.08 bits per heavy atom. The van der Waals surface area contributed by atoms with Crippen molar-refractivity contribution in [2.75, 3.05) is 19.6 Å². The summed E-state index contributed by atoms with van der Waals surface area (Å²) >= 11 is 0. The van der Waals surface area contributed by atoms with Gasteiger partial charge in [-0.2, -0.15) is 0 Å². The fourth-order valence-corrected chi connectivity index (χ4v) is 6.42. The minimum absolute atomic E-state index is 0.0754. The molecule has 0 unspecified atom stereocenters. The molecule has 1 aromatic heterocycles. The van der Waals surface area contributed by atoms with Gasteiger partial charge in [-0.25, -0.2) is 0 Å². The lowest BCUT2D eigenvalue weighted by atomic mass is 9.55. The van der Waals surface area contributed by atoms with Gasteiger partial charge < -0.3 is 19.6 Å². The maximum absolute atomic E-state index is 12.8. The molecule has 1 saturated heterocycles. The molecule has 2 heterocycles. The summed E-state index contributed by atoms with van der Waals surface area (Å²) in [4.78, 5) is 27.8. The van der Waals surface area contributed by atoms with Crippen LogP contribution in [0.2, 0.25) is 0 Å². The van der Waals surface area contributed by atoms with Gasteiger partial charge in [0.05, 0.1) is 6.26 Å². The third-order valence-electron chi connectivity index (χ3n) is 8.31. The fourth-order valence-electron chi connectivity index (χ4n) is 6.42. The number of hydrogen-bond acceptors (Lipinski definition) is 6. The molecule has 2 saturated carbocycles. The summed E-state index contributed by atoms with van der Waals surface area (Å²) in [5.41, 5.74) is 0.642. The van der Waals surface area contributed by atoms with Crippen molar-refractivity contribution in [2.24, 2.45) is 5.92 Å². The Bertz CT molecular complexity index is 1150. The molecule has 0 spiro atoms. The molecule has 2 N–H and O–H groups in total. The number of phenols is 1. The summed E-state index contributed by atoms with van der Waals surface area (Å²) in [5, 5.41) is 13.6. The number of benzene rings is 1. The van der Waals surface area contributed by atoms with E-state index in [0.29, 0.717) is 19.4 Å². The van der Waals surface area contributed by atoms with Gasteiger partial charge in [-0.15, -0.1) is 0 Å². The number of fused-ring (bicyclic) bond motifs is 1.